The molecule has 8 heteroatoms. The topological polar surface area (TPSA) is 95.1 Å². The van der Waals surface area contributed by atoms with Gasteiger partial charge in [-0.3, -0.25) is 0 Å². The Hall–Kier alpha value is -3.42. The van der Waals surface area contributed by atoms with Crippen LogP contribution < -0.4 is 24.8 Å². The van der Waals surface area contributed by atoms with Gasteiger partial charge in [0.05, 0.1) is 39.7 Å². The van der Waals surface area contributed by atoms with Crippen LogP contribution in [0.1, 0.15) is 10.4 Å². The minimum Gasteiger partial charge on any atom is -0.497 e. The van der Waals surface area contributed by atoms with E-state index in [2.05, 4.69) is 10.6 Å². The molecule has 0 aromatic heterocycles. The van der Waals surface area contributed by atoms with Gasteiger partial charge in [0.1, 0.15) is 5.75 Å². The first-order chi connectivity index (χ1) is 12.5. The third kappa shape index (κ3) is 4.35. The number of hydrogen-bond acceptors (Lipinski definition) is 6. The van der Waals surface area contributed by atoms with Crippen LogP contribution in [0.2, 0.25) is 0 Å². The van der Waals surface area contributed by atoms with E-state index in [9.17, 15) is 9.59 Å². The number of methoxy groups -OCH3 is 4. The van der Waals surface area contributed by atoms with Gasteiger partial charge < -0.3 is 29.6 Å². The lowest BCUT2D eigenvalue weighted by atomic mass is 10.1. The summed E-state index contributed by atoms with van der Waals surface area (Å²) in [6, 6.07) is 9.24. The number of esters is 1. The molecule has 0 fully saturated rings. The van der Waals surface area contributed by atoms with Gasteiger partial charge in [0.25, 0.3) is 0 Å². The highest BCUT2D eigenvalue weighted by Crippen LogP contribution is 2.33. The minimum absolute atomic E-state index is 0.131. The standard InChI is InChI=1S/C18H20N2O6/c1-23-12-7-5-6-11(8-12)19-18(22)20-14-10-16(25-3)15(24-2)9-13(14)17(21)26-4/h5-10H,1-4H3,(H2,19,20,22). The van der Waals surface area contributed by atoms with Gasteiger partial charge in [0, 0.05) is 23.9 Å². The number of urea groups is 1. The van der Waals surface area contributed by atoms with Crippen LogP contribution in [0.3, 0.4) is 0 Å². The molecule has 2 aromatic rings. The van der Waals surface area contributed by atoms with Crippen LogP contribution in [0.25, 0.3) is 0 Å². The largest absolute Gasteiger partial charge is 0.497 e. The van der Waals surface area contributed by atoms with E-state index in [1.807, 2.05) is 0 Å². The van der Waals surface area contributed by atoms with Crippen LogP contribution in [0, 0.1) is 0 Å². The van der Waals surface area contributed by atoms with E-state index in [0.29, 0.717) is 22.9 Å². The molecule has 0 bridgehead atoms. The Labute approximate surface area is 151 Å². The average molecular weight is 360 g/mol. The monoisotopic (exact) mass is 360 g/mol. The molecule has 2 amide bonds. The van der Waals surface area contributed by atoms with E-state index < -0.39 is 12.0 Å². The number of anilines is 2. The predicted molar refractivity (Wildman–Crippen MR) is 96.5 cm³/mol. The summed E-state index contributed by atoms with van der Waals surface area (Å²) >= 11 is 0. The van der Waals surface area contributed by atoms with E-state index in [-0.39, 0.29) is 11.3 Å². The van der Waals surface area contributed by atoms with Gasteiger partial charge in [-0.1, -0.05) is 6.07 Å². The van der Waals surface area contributed by atoms with Gasteiger partial charge in [0.2, 0.25) is 0 Å². The number of ether oxygens (including phenoxy) is 4. The molecule has 26 heavy (non-hydrogen) atoms. The van der Waals surface area contributed by atoms with Gasteiger partial charge in [-0.25, -0.2) is 9.59 Å². The Balaban J connectivity index is 2.28. The van der Waals surface area contributed by atoms with Crippen LogP contribution in [-0.2, 0) is 4.74 Å². The molecule has 0 radical (unpaired) electrons. The van der Waals surface area contributed by atoms with Gasteiger partial charge in [-0.2, -0.15) is 0 Å². The van der Waals surface area contributed by atoms with Crippen LogP contribution in [0.4, 0.5) is 16.2 Å². The van der Waals surface area contributed by atoms with Crippen molar-refractivity contribution in [2.45, 2.75) is 0 Å². The van der Waals surface area contributed by atoms with Crippen molar-refractivity contribution < 1.29 is 28.5 Å². The molecule has 0 saturated carbocycles. The van der Waals surface area contributed by atoms with E-state index >= 15 is 0 Å². The smallest absolute Gasteiger partial charge is 0.340 e. The SMILES string of the molecule is COC(=O)c1cc(OC)c(OC)cc1NC(=O)Nc1cccc(OC)c1. The number of amides is 2. The molecular formula is C18H20N2O6. The lowest BCUT2D eigenvalue weighted by molar-refractivity contribution is 0.0601. The van der Waals surface area contributed by atoms with Crippen molar-refractivity contribution in [3.05, 3.63) is 42.0 Å². The number of rotatable bonds is 6. The molecule has 8 nitrogen and oxygen atoms in total. The number of hydrogen-bond donors (Lipinski definition) is 2. The van der Waals surface area contributed by atoms with Gasteiger partial charge in [0.15, 0.2) is 11.5 Å². The van der Waals surface area contributed by atoms with E-state index in [1.165, 1.54) is 40.6 Å². The minimum atomic E-state index is -0.623. The second-order valence-corrected chi connectivity index (χ2v) is 5.06. The van der Waals surface area contributed by atoms with Crippen LogP contribution >= 0.6 is 0 Å². The Bertz CT molecular complexity index is 806. The first-order valence-corrected chi connectivity index (χ1v) is 7.58. The van der Waals surface area contributed by atoms with Gasteiger partial charge in [-0.05, 0) is 12.1 Å². The summed E-state index contributed by atoms with van der Waals surface area (Å²) in [5.41, 5.74) is 0.878. The fraction of sp³-hybridized carbons (Fsp3) is 0.222. The lowest BCUT2D eigenvalue weighted by Crippen LogP contribution is -2.21. The highest BCUT2D eigenvalue weighted by Gasteiger charge is 2.19. The van der Waals surface area contributed by atoms with Crippen LogP contribution in [0.15, 0.2) is 36.4 Å². The summed E-state index contributed by atoms with van der Waals surface area (Å²) in [7, 11) is 5.68. The Kier molecular flexibility index (Phi) is 6.26. The van der Waals surface area contributed by atoms with Crippen LogP contribution in [0.5, 0.6) is 17.2 Å². The first-order valence-electron chi connectivity index (χ1n) is 7.58. The summed E-state index contributed by atoms with van der Waals surface area (Å²) in [5, 5.41) is 5.27. The number of carbonyl (C=O) groups excluding carboxylic acids is 2. The molecule has 0 atom stereocenters. The van der Waals surface area contributed by atoms with Crippen molar-refractivity contribution >= 4 is 23.4 Å². The Morgan fingerprint density at radius 2 is 1.54 bits per heavy atom. The second kappa shape index (κ2) is 8.61. The Morgan fingerprint density at radius 1 is 0.846 bits per heavy atom. The summed E-state index contributed by atoms with van der Waals surface area (Å²) in [5.74, 6) is 0.676. The molecule has 2 rings (SSSR count). The fourth-order valence-electron chi connectivity index (χ4n) is 2.25. The summed E-state index contributed by atoms with van der Waals surface area (Å²) in [6.45, 7) is 0. The molecule has 138 valence electrons. The third-order valence-electron chi connectivity index (χ3n) is 3.50. The van der Waals surface area contributed by atoms with E-state index in [1.54, 1.807) is 24.3 Å². The third-order valence-corrected chi connectivity index (χ3v) is 3.50. The molecule has 0 heterocycles. The van der Waals surface area contributed by atoms with Crippen molar-refractivity contribution in [3.63, 3.8) is 0 Å². The summed E-state index contributed by atoms with van der Waals surface area (Å²) in [6.07, 6.45) is 0. The quantitative estimate of drug-likeness (QED) is 0.769. The highest BCUT2D eigenvalue weighted by molar-refractivity contribution is 6.05. The maximum absolute atomic E-state index is 12.3. The van der Waals surface area contributed by atoms with Crippen LogP contribution in [-0.4, -0.2) is 40.4 Å². The first kappa shape index (κ1) is 18.9. The molecule has 2 N–H and O–H groups in total. The van der Waals surface area contributed by atoms with Gasteiger partial charge in [-0.15, -0.1) is 0 Å². The zero-order valence-corrected chi connectivity index (χ0v) is 14.9. The molecule has 0 unspecified atom stereocenters. The fourth-order valence-corrected chi connectivity index (χ4v) is 2.25. The van der Waals surface area contributed by atoms with Crippen molar-refractivity contribution in [1.82, 2.24) is 0 Å². The number of nitrogens with one attached hydrogen (secondary N) is 2. The second-order valence-electron chi connectivity index (χ2n) is 5.06. The van der Waals surface area contributed by atoms with E-state index in [4.69, 9.17) is 18.9 Å². The maximum Gasteiger partial charge on any atom is 0.340 e. The van der Waals surface area contributed by atoms with Crippen molar-refractivity contribution in [2.24, 2.45) is 0 Å². The molecule has 0 aliphatic rings. The zero-order chi connectivity index (χ0) is 19.1. The highest BCUT2D eigenvalue weighted by atomic mass is 16.5. The normalized spacial score (nSPS) is 9.85. The lowest BCUT2D eigenvalue weighted by Gasteiger charge is -2.15. The number of carbonyl (C=O) groups is 2. The molecule has 0 aliphatic carbocycles. The molecule has 0 saturated heterocycles. The molecule has 2 aromatic carbocycles. The maximum atomic E-state index is 12.3. The van der Waals surface area contributed by atoms with Crippen molar-refractivity contribution in [3.8, 4) is 17.2 Å². The van der Waals surface area contributed by atoms with E-state index in [0.717, 1.165) is 0 Å². The average Bonchev–Trinajstić information content (AvgIpc) is 2.66. The molecule has 0 spiro atoms. The zero-order valence-electron chi connectivity index (χ0n) is 14.9. The summed E-state index contributed by atoms with van der Waals surface area (Å²) < 4.78 is 20.3. The Morgan fingerprint density at radius 3 is 2.15 bits per heavy atom. The van der Waals surface area contributed by atoms with Crippen molar-refractivity contribution in [2.75, 3.05) is 39.1 Å². The van der Waals surface area contributed by atoms with Crippen molar-refractivity contribution in [1.29, 1.82) is 0 Å². The molecule has 0 aliphatic heterocycles. The van der Waals surface area contributed by atoms with Gasteiger partial charge >= 0.3 is 12.0 Å². The number of benzene rings is 2. The predicted octanol–water partition coefficient (Wildman–Crippen LogP) is 3.14. The summed E-state index contributed by atoms with van der Waals surface area (Å²) in [4.78, 5) is 24.3. The molecular weight excluding hydrogens is 340 g/mol.